The largest absolute Gasteiger partial charge is 0.316 e. The molecule has 0 amide bonds. The van der Waals surface area contributed by atoms with Crippen LogP contribution in [0.25, 0.3) is 0 Å². The number of piperidine rings is 1. The number of aryl methyl sites for hydroxylation is 2. The topological polar surface area (TPSA) is 88.1 Å². The Kier molecular flexibility index (Phi) is 5.35. The van der Waals surface area contributed by atoms with E-state index in [2.05, 4.69) is 20.3 Å². The van der Waals surface area contributed by atoms with Crippen molar-refractivity contribution in [3.05, 3.63) is 28.7 Å². The van der Waals surface area contributed by atoms with Crippen LogP contribution in [0.1, 0.15) is 29.2 Å². The predicted molar refractivity (Wildman–Crippen MR) is 99.7 cm³/mol. The molecule has 2 aromatic heterocycles. The van der Waals surface area contributed by atoms with Crippen molar-refractivity contribution in [2.24, 2.45) is 5.92 Å². The van der Waals surface area contributed by atoms with E-state index < -0.39 is 10.0 Å². The zero-order valence-electron chi connectivity index (χ0n) is 14.7. The third-order valence-corrected chi connectivity index (χ3v) is 6.42. The van der Waals surface area contributed by atoms with Gasteiger partial charge in [0.05, 0.1) is 6.26 Å². The first kappa shape index (κ1) is 18.2. The van der Waals surface area contributed by atoms with Crippen LogP contribution in [0.2, 0.25) is 0 Å². The highest BCUT2D eigenvalue weighted by atomic mass is 32.2. The minimum Gasteiger partial charge on any atom is -0.316 e. The van der Waals surface area contributed by atoms with Gasteiger partial charge in [-0.1, -0.05) is 0 Å². The molecule has 0 saturated carbocycles. The first-order chi connectivity index (χ1) is 11.8. The molecule has 0 aliphatic carbocycles. The van der Waals surface area contributed by atoms with Gasteiger partial charge in [0.1, 0.15) is 11.6 Å². The highest BCUT2D eigenvalue weighted by molar-refractivity contribution is 7.88. The zero-order valence-corrected chi connectivity index (χ0v) is 16.3. The van der Waals surface area contributed by atoms with Crippen LogP contribution in [-0.4, -0.2) is 47.0 Å². The number of thiazole rings is 1. The maximum absolute atomic E-state index is 11.6. The Labute approximate surface area is 152 Å². The van der Waals surface area contributed by atoms with E-state index >= 15 is 0 Å². The number of sulfonamides is 1. The minimum atomic E-state index is -3.08. The van der Waals surface area contributed by atoms with Crippen molar-refractivity contribution in [3.63, 3.8) is 0 Å². The fraction of sp³-hybridized carbons (Fsp3) is 0.562. The number of nitrogens with zero attached hydrogens (tertiary/aromatic N) is 4. The number of rotatable bonds is 5. The van der Waals surface area contributed by atoms with Gasteiger partial charge in [-0.2, -0.15) is 0 Å². The molecule has 3 rings (SSSR count). The quantitative estimate of drug-likeness (QED) is 0.856. The van der Waals surface area contributed by atoms with E-state index in [9.17, 15) is 8.42 Å². The average Bonchev–Trinajstić information content (AvgIpc) is 2.91. The van der Waals surface area contributed by atoms with Crippen LogP contribution < -0.4 is 5.32 Å². The second-order valence-corrected chi connectivity index (χ2v) is 9.72. The van der Waals surface area contributed by atoms with Crippen LogP contribution in [0.5, 0.6) is 0 Å². The molecule has 0 atom stereocenters. The summed E-state index contributed by atoms with van der Waals surface area (Å²) >= 11 is 1.59. The van der Waals surface area contributed by atoms with E-state index in [1.165, 1.54) is 6.26 Å². The molecule has 7 nitrogen and oxygen atoms in total. The maximum Gasteiger partial charge on any atom is 0.211 e. The van der Waals surface area contributed by atoms with Crippen molar-refractivity contribution in [2.75, 3.05) is 24.7 Å². The summed E-state index contributed by atoms with van der Waals surface area (Å²) in [7, 11) is -3.08. The van der Waals surface area contributed by atoms with Crippen molar-refractivity contribution in [1.29, 1.82) is 0 Å². The van der Waals surface area contributed by atoms with E-state index in [0.29, 0.717) is 19.0 Å². The summed E-state index contributed by atoms with van der Waals surface area (Å²) < 4.78 is 24.8. The molecule has 136 valence electrons. The van der Waals surface area contributed by atoms with Crippen molar-refractivity contribution in [1.82, 2.24) is 19.3 Å². The second-order valence-electron chi connectivity index (χ2n) is 6.50. The zero-order chi connectivity index (χ0) is 18.0. The Morgan fingerprint density at radius 1 is 1.28 bits per heavy atom. The molecule has 25 heavy (non-hydrogen) atoms. The van der Waals surface area contributed by atoms with E-state index in [1.807, 2.05) is 26.1 Å². The third kappa shape index (κ3) is 4.96. The second kappa shape index (κ2) is 7.35. The molecule has 1 saturated heterocycles. The van der Waals surface area contributed by atoms with E-state index in [1.54, 1.807) is 15.6 Å². The van der Waals surface area contributed by atoms with Gasteiger partial charge < -0.3 is 5.32 Å². The number of aromatic nitrogens is 3. The Hall–Kier alpha value is -1.58. The molecular formula is C16H23N5O2S2. The Bertz CT molecular complexity index is 842. The summed E-state index contributed by atoms with van der Waals surface area (Å²) in [6.07, 6.45) is 5.68. The van der Waals surface area contributed by atoms with Crippen LogP contribution in [-0.2, 0) is 16.4 Å². The van der Waals surface area contributed by atoms with Gasteiger partial charge >= 0.3 is 0 Å². The van der Waals surface area contributed by atoms with E-state index in [-0.39, 0.29) is 0 Å². The van der Waals surface area contributed by atoms with Crippen LogP contribution in [0.4, 0.5) is 10.9 Å². The maximum atomic E-state index is 11.6. The van der Waals surface area contributed by atoms with Crippen LogP contribution >= 0.6 is 11.3 Å². The first-order valence-corrected chi connectivity index (χ1v) is 11.0. The summed E-state index contributed by atoms with van der Waals surface area (Å²) in [6, 6.07) is 1.96. The van der Waals surface area contributed by atoms with Crippen LogP contribution in [0, 0.1) is 19.8 Å². The van der Waals surface area contributed by atoms with Gasteiger partial charge in [-0.3, -0.25) is 0 Å². The molecule has 1 fully saturated rings. The standard InChI is InChI=1S/C16H23N5O2S2/c1-11-10-17-16(24-11)20-15-9-14(18-12(2)19-15)8-13-4-6-21(7-5-13)25(3,22)23/h9-10,13H,4-8H2,1-3H3,(H,17,18,19,20). The van der Waals surface area contributed by atoms with Gasteiger partial charge in [0, 0.05) is 35.9 Å². The lowest BCUT2D eigenvalue weighted by Gasteiger charge is -2.30. The Morgan fingerprint density at radius 3 is 2.60 bits per heavy atom. The molecule has 0 unspecified atom stereocenters. The fourth-order valence-electron chi connectivity index (χ4n) is 3.06. The van der Waals surface area contributed by atoms with Gasteiger partial charge in [-0.25, -0.2) is 27.7 Å². The monoisotopic (exact) mass is 381 g/mol. The van der Waals surface area contributed by atoms with E-state index in [0.717, 1.165) is 46.6 Å². The van der Waals surface area contributed by atoms with Gasteiger partial charge in [-0.05, 0) is 39.0 Å². The molecular weight excluding hydrogens is 358 g/mol. The number of hydrogen-bond donors (Lipinski definition) is 1. The third-order valence-electron chi connectivity index (χ3n) is 4.29. The van der Waals surface area contributed by atoms with Crippen LogP contribution in [0.15, 0.2) is 12.3 Å². The van der Waals surface area contributed by atoms with Crippen molar-refractivity contribution < 1.29 is 8.42 Å². The molecule has 0 spiro atoms. The van der Waals surface area contributed by atoms with Gasteiger partial charge in [-0.15, -0.1) is 11.3 Å². The number of anilines is 2. The molecule has 3 heterocycles. The normalized spacial score (nSPS) is 16.9. The molecule has 1 N–H and O–H groups in total. The molecule has 1 aliphatic heterocycles. The van der Waals surface area contributed by atoms with Crippen molar-refractivity contribution in [2.45, 2.75) is 33.1 Å². The number of hydrogen-bond acceptors (Lipinski definition) is 7. The fourth-order valence-corrected chi connectivity index (χ4v) is 4.61. The summed E-state index contributed by atoms with van der Waals surface area (Å²) in [6.45, 7) is 5.09. The SMILES string of the molecule is Cc1nc(CC2CCN(S(C)(=O)=O)CC2)cc(Nc2ncc(C)s2)n1. The summed E-state index contributed by atoms with van der Waals surface area (Å²) in [5, 5.41) is 4.06. The highest BCUT2D eigenvalue weighted by Gasteiger charge is 2.25. The number of nitrogens with one attached hydrogen (secondary N) is 1. The van der Waals surface area contributed by atoms with E-state index in [4.69, 9.17) is 0 Å². The Morgan fingerprint density at radius 2 is 2.00 bits per heavy atom. The highest BCUT2D eigenvalue weighted by Crippen LogP contribution is 2.25. The molecule has 9 heteroatoms. The minimum absolute atomic E-state index is 0.447. The van der Waals surface area contributed by atoms with Crippen molar-refractivity contribution in [3.8, 4) is 0 Å². The molecule has 0 radical (unpaired) electrons. The van der Waals surface area contributed by atoms with Gasteiger partial charge in [0.25, 0.3) is 0 Å². The molecule has 0 bridgehead atoms. The lowest BCUT2D eigenvalue weighted by molar-refractivity contribution is 0.273. The smallest absolute Gasteiger partial charge is 0.211 e. The molecule has 2 aromatic rings. The average molecular weight is 382 g/mol. The van der Waals surface area contributed by atoms with Crippen molar-refractivity contribution >= 4 is 32.3 Å². The van der Waals surface area contributed by atoms with Crippen LogP contribution in [0.3, 0.4) is 0 Å². The molecule has 1 aliphatic rings. The predicted octanol–water partition coefficient (Wildman–Crippen LogP) is 2.51. The summed E-state index contributed by atoms with van der Waals surface area (Å²) in [5.74, 6) is 1.93. The summed E-state index contributed by atoms with van der Waals surface area (Å²) in [5.41, 5.74) is 0.987. The summed E-state index contributed by atoms with van der Waals surface area (Å²) in [4.78, 5) is 14.4. The van der Waals surface area contributed by atoms with Gasteiger partial charge in [0.15, 0.2) is 5.13 Å². The lowest BCUT2D eigenvalue weighted by Crippen LogP contribution is -2.38. The first-order valence-electron chi connectivity index (χ1n) is 8.29. The van der Waals surface area contributed by atoms with Gasteiger partial charge in [0.2, 0.25) is 10.0 Å². The lowest BCUT2D eigenvalue weighted by atomic mass is 9.93. The molecule has 0 aromatic carbocycles. The Balaban J connectivity index is 1.65.